The van der Waals surface area contributed by atoms with E-state index in [2.05, 4.69) is 25.7 Å². The molecule has 0 aliphatic rings. The summed E-state index contributed by atoms with van der Waals surface area (Å²) in [6, 6.07) is 3.61. The van der Waals surface area contributed by atoms with Gasteiger partial charge in [0.05, 0.1) is 11.4 Å². The number of amides is 1. The van der Waals surface area contributed by atoms with E-state index in [0.717, 1.165) is 10.2 Å². The molecule has 0 saturated heterocycles. The maximum Gasteiger partial charge on any atom is 0.404 e. The van der Waals surface area contributed by atoms with Crippen molar-refractivity contribution in [2.24, 2.45) is 5.73 Å². The first-order valence-electron chi connectivity index (χ1n) is 3.64. The van der Waals surface area contributed by atoms with Gasteiger partial charge < -0.3 is 10.5 Å². The number of halogens is 1. The summed E-state index contributed by atoms with van der Waals surface area (Å²) in [4.78, 5) is 14.5. The molecule has 0 aromatic carbocycles. The number of pyridine rings is 1. The molecule has 1 rings (SSSR count). The number of rotatable bonds is 2. The Labute approximate surface area is 84.2 Å². The molecule has 1 heterocycles. The first-order chi connectivity index (χ1) is 6.09. The number of aromatic nitrogens is 1. The van der Waals surface area contributed by atoms with Gasteiger partial charge in [0, 0.05) is 4.47 Å². The first-order valence-corrected chi connectivity index (χ1v) is 4.43. The lowest BCUT2D eigenvalue weighted by atomic mass is 10.3. The fourth-order valence-electron chi connectivity index (χ4n) is 0.821. The third kappa shape index (κ3) is 3.02. The van der Waals surface area contributed by atoms with E-state index in [0.29, 0.717) is 5.69 Å². The SMILES string of the molecule is Cc1nc(COC(N)=O)ccc1Br. The van der Waals surface area contributed by atoms with Gasteiger partial charge in [-0.1, -0.05) is 0 Å². The van der Waals surface area contributed by atoms with Crippen LogP contribution in [0.1, 0.15) is 11.4 Å². The summed E-state index contributed by atoms with van der Waals surface area (Å²) in [5.41, 5.74) is 6.34. The quantitative estimate of drug-likeness (QED) is 0.863. The van der Waals surface area contributed by atoms with E-state index < -0.39 is 6.09 Å². The average molecular weight is 245 g/mol. The Morgan fingerprint density at radius 2 is 2.38 bits per heavy atom. The van der Waals surface area contributed by atoms with Crippen LogP contribution in [0.3, 0.4) is 0 Å². The standard InChI is InChI=1S/C8H9BrN2O2/c1-5-7(9)3-2-6(11-5)4-13-8(10)12/h2-3H,4H2,1H3,(H2,10,12). The van der Waals surface area contributed by atoms with Crippen LogP contribution in [0, 0.1) is 6.92 Å². The molecule has 0 radical (unpaired) electrons. The zero-order valence-corrected chi connectivity index (χ0v) is 8.67. The van der Waals surface area contributed by atoms with Crippen LogP contribution in [-0.4, -0.2) is 11.1 Å². The lowest BCUT2D eigenvalue weighted by molar-refractivity contribution is 0.149. The van der Waals surface area contributed by atoms with Crippen LogP contribution in [0.2, 0.25) is 0 Å². The van der Waals surface area contributed by atoms with Crippen LogP contribution in [0.5, 0.6) is 0 Å². The highest BCUT2D eigenvalue weighted by molar-refractivity contribution is 9.10. The Bertz CT molecular complexity index is 328. The van der Waals surface area contributed by atoms with Gasteiger partial charge in [-0.15, -0.1) is 0 Å². The van der Waals surface area contributed by atoms with Crippen molar-refractivity contribution in [1.29, 1.82) is 0 Å². The second-order valence-electron chi connectivity index (χ2n) is 2.48. The van der Waals surface area contributed by atoms with Crippen molar-refractivity contribution in [2.75, 3.05) is 0 Å². The van der Waals surface area contributed by atoms with Gasteiger partial charge in [0.1, 0.15) is 6.61 Å². The number of aryl methyl sites for hydroxylation is 1. The van der Waals surface area contributed by atoms with Crippen molar-refractivity contribution >= 4 is 22.0 Å². The minimum atomic E-state index is -0.789. The van der Waals surface area contributed by atoms with Gasteiger partial charge in [0.2, 0.25) is 0 Å². The molecule has 1 aromatic rings. The number of primary amides is 1. The molecular formula is C8H9BrN2O2. The van der Waals surface area contributed by atoms with E-state index in [4.69, 9.17) is 5.73 Å². The lowest BCUT2D eigenvalue weighted by Crippen LogP contribution is -2.13. The number of carbonyl (C=O) groups excluding carboxylic acids is 1. The molecule has 1 amide bonds. The second kappa shape index (κ2) is 4.23. The molecule has 0 saturated carbocycles. The predicted molar refractivity (Wildman–Crippen MR) is 51.0 cm³/mol. The predicted octanol–water partition coefficient (Wildman–Crippen LogP) is 1.75. The van der Waals surface area contributed by atoms with Crippen LogP contribution in [0.15, 0.2) is 16.6 Å². The normalized spacial score (nSPS) is 9.69. The van der Waals surface area contributed by atoms with Crippen molar-refractivity contribution in [3.05, 3.63) is 28.0 Å². The topological polar surface area (TPSA) is 65.2 Å². The van der Waals surface area contributed by atoms with Gasteiger partial charge in [-0.3, -0.25) is 4.98 Å². The molecule has 0 aliphatic heterocycles. The summed E-state index contributed by atoms with van der Waals surface area (Å²) in [7, 11) is 0. The number of ether oxygens (including phenoxy) is 1. The molecule has 0 unspecified atom stereocenters. The Kier molecular flexibility index (Phi) is 3.25. The zero-order chi connectivity index (χ0) is 9.84. The van der Waals surface area contributed by atoms with Gasteiger partial charge in [-0.2, -0.15) is 0 Å². The van der Waals surface area contributed by atoms with Crippen molar-refractivity contribution in [3.8, 4) is 0 Å². The summed E-state index contributed by atoms with van der Waals surface area (Å²) in [5.74, 6) is 0. The number of hydrogen-bond donors (Lipinski definition) is 1. The fraction of sp³-hybridized carbons (Fsp3) is 0.250. The van der Waals surface area contributed by atoms with E-state index >= 15 is 0 Å². The van der Waals surface area contributed by atoms with Crippen LogP contribution < -0.4 is 5.73 Å². The molecule has 0 aliphatic carbocycles. The van der Waals surface area contributed by atoms with E-state index in [-0.39, 0.29) is 6.61 Å². The molecule has 4 nitrogen and oxygen atoms in total. The minimum Gasteiger partial charge on any atom is -0.443 e. The smallest absolute Gasteiger partial charge is 0.404 e. The third-order valence-electron chi connectivity index (χ3n) is 1.44. The van der Waals surface area contributed by atoms with Crippen molar-refractivity contribution in [2.45, 2.75) is 13.5 Å². The molecular weight excluding hydrogens is 236 g/mol. The van der Waals surface area contributed by atoms with E-state index in [1.54, 1.807) is 6.07 Å². The summed E-state index contributed by atoms with van der Waals surface area (Å²) in [5, 5.41) is 0. The lowest BCUT2D eigenvalue weighted by Gasteiger charge is -2.02. The van der Waals surface area contributed by atoms with Gasteiger partial charge in [0.25, 0.3) is 0 Å². The van der Waals surface area contributed by atoms with Crippen molar-refractivity contribution in [3.63, 3.8) is 0 Å². The van der Waals surface area contributed by atoms with Gasteiger partial charge >= 0.3 is 6.09 Å². The number of hydrogen-bond acceptors (Lipinski definition) is 3. The highest BCUT2D eigenvalue weighted by atomic mass is 79.9. The Hall–Kier alpha value is -1.10. The molecule has 0 fully saturated rings. The molecule has 2 N–H and O–H groups in total. The summed E-state index contributed by atoms with van der Waals surface area (Å²) in [6.07, 6.45) is -0.789. The monoisotopic (exact) mass is 244 g/mol. The molecule has 70 valence electrons. The average Bonchev–Trinajstić information content (AvgIpc) is 2.07. The van der Waals surface area contributed by atoms with Crippen LogP contribution >= 0.6 is 15.9 Å². The highest BCUT2D eigenvalue weighted by Gasteiger charge is 2.00. The van der Waals surface area contributed by atoms with Crippen LogP contribution in [0.25, 0.3) is 0 Å². The maximum atomic E-state index is 10.3. The molecule has 1 aromatic heterocycles. The van der Waals surface area contributed by atoms with Gasteiger partial charge in [0.15, 0.2) is 0 Å². The Morgan fingerprint density at radius 1 is 1.69 bits per heavy atom. The summed E-state index contributed by atoms with van der Waals surface area (Å²) in [6.45, 7) is 1.97. The van der Waals surface area contributed by atoms with Crippen molar-refractivity contribution < 1.29 is 9.53 Å². The second-order valence-corrected chi connectivity index (χ2v) is 3.33. The highest BCUT2D eigenvalue weighted by Crippen LogP contribution is 2.13. The fourth-order valence-corrected chi connectivity index (χ4v) is 1.04. The third-order valence-corrected chi connectivity index (χ3v) is 2.28. The molecule has 0 spiro atoms. The van der Waals surface area contributed by atoms with E-state index in [1.807, 2.05) is 13.0 Å². The zero-order valence-electron chi connectivity index (χ0n) is 7.08. The molecule has 5 heteroatoms. The Morgan fingerprint density at radius 3 is 2.92 bits per heavy atom. The maximum absolute atomic E-state index is 10.3. The Balaban J connectivity index is 2.68. The minimum absolute atomic E-state index is 0.115. The van der Waals surface area contributed by atoms with Crippen LogP contribution in [-0.2, 0) is 11.3 Å². The van der Waals surface area contributed by atoms with Crippen LogP contribution in [0.4, 0.5) is 4.79 Å². The van der Waals surface area contributed by atoms with Crippen molar-refractivity contribution in [1.82, 2.24) is 4.98 Å². The molecule has 0 atom stereocenters. The van der Waals surface area contributed by atoms with Gasteiger partial charge in [-0.05, 0) is 35.0 Å². The molecule has 13 heavy (non-hydrogen) atoms. The number of carbonyl (C=O) groups is 1. The number of nitrogens with zero attached hydrogens (tertiary/aromatic N) is 1. The summed E-state index contributed by atoms with van der Waals surface area (Å²) < 4.78 is 5.51. The van der Waals surface area contributed by atoms with E-state index in [9.17, 15) is 4.79 Å². The van der Waals surface area contributed by atoms with Gasteiger partial charge in [-0.25, -0.2) is 4.79 Å². The first kappa shape index (κ1) is 9.98. The van der Waals surface area contributed by atoms with E-state index in [1.165, 1.54) is 0 Å². The summed E-state index contributed by atoms with van der Waals surface area (Å²) >= 11 is 3.31. The molecule has 0 bridgehead atoms. The number of nitrogens with two attached hydrogens (primary N) is 1. The largest absolute Gasteiger partial charge is 0.443 e.